The summed E-state index contributed by atoms with van der Waals surface area (Å²) in [6, 6.07) is 23.3. The van der Waals surface area contributed by atoms with Crippen LogP contribution >= 0.6 is 11.7 Å². The highest BCUT2D eigenvalue weighted by Crippen LogP contribution is 2.36. The van der Waals surface area contributed by atoms with Crippen LogP contribution in [-0.4, -0.2) is 34.6 Å². The smallest absolute Gasteiger partial charge is 0.333 e. The number of carbonyl (C=O) groups excluding carboxylic acids is 1. The van der Waals surface area contributed by atoms with Gasteiger partial charge in [0.05, 0.1) is 23.1 Å². The fraction of sp³-hybridized carbons (Fsp3) is 0.171. The molecule has 0 bridgehead atoms. The highest BCUT2D eigenvalue weighted by molar-refractivity contribution is 7.00. The Labute approximate surface area is 264 Å². The lowest BCUT2D eigenvalue weighted by Gasteiger charge is -2.11. The van der Waals surface area contributed by atoms with Gasteiger partial charge < -0.3 is 15.1 Å². The van der Waals surface area contributed by atoms with Gasteiger partial charge in [-0.05, 0) is 37.5 Å². The number of benzene rings is 2. The van der Waals surface area contributed by atoms with Gasteiger partial charge in [-0.3, -0.25) is 0 Å². The molecule has 0 fully saturated rings. The first-order chi connectivity index (χ1) is 21.9. The number of pyridine rings is 2. The number of unbranched alkanes of at least 4 members (excludes halogenated alkanes) is 1. The van der Waals surface area contributed by atoms with Crippen molar-refractivity contribution in [2.24, 2.45) is 0 Å². The minimum absolute atomic E-state index is 0.165. The zero-order valence-corrected chi connectivity index (χ0v) is 25.7. The summed E-state index contributed by atoms with van der Waals surface area (Å²) in [5, 5.41) is 19.2. The molecule has 226 valence electrons. The fourth-order valence-corrected chi connectivity index (χ4v) is 5.56. The molecular formula is C35H32N5O4S+. The van der Waals surface area contributed by atoms with Crippen molar-refractivity contribution in [3.05, 3.63) is 108 Å². The van der Waals surface area contributed by atoms with Gasteiger partial charge >= 0.3 is 5.97 Å². The Kier molecular flexibility index (Phi) is 8.65. The predicted molar refractivity (Wildman–Crippen MR) is 174 cm³/mol. The van der Waals surface area contributed by atoms with Gasteiger partial charge in [0.1, 0.15) is 17.6 Å². The lowest BCUT2D eigenvalue weighted by atomic mass is 9.98. The lowest BCUT2D eigenvalue weighted by molar-refractivity contribution is -0.697. The van der Waals surface area contributed by atoms with Crippen LogP contribution in [-0.2, 0) is 11.3 Å². The maximum Gasteiger partial charge on any atom is 0.333 e. The van der Waals surface area contributed by atoms with E-state index in [0.29, 0.717) is 11.2 Å². The highest BCUT2D eigenvalue weighted by atomic mass is 32.1. The SMILES string of the molecule is Cc1ccc(-c2nc(C=Cc3cc[n+](CCCCC(=O)On4c(O)ccc4O)cc3)c(-c3ccc(C)cc3)c3nsnc23)cc1. The average molecular weight is 619 g/mol. The van der Waals surface area contributed by atoms with Crippen LogP contribution in [0.1, 0.15) is 41.6 Å². The molecule has 0 atom stereocenters. The topological polar surface area (TPSA) is 114 Å². The summed E-state index contributed by atoms with van der Waals surface area (Å²) in [4.78, 5) is 22.2. The molecule has 6 aromatic rings. The third-order valence-electron chi connectivity index (χ3n) is 7.49. The second-order valence-corrected chi connectivity index (χ2v) is 11.4. The molecule has 0 saturated carbocycles. The molecule has 2 N–H and O–H groups in total. The number of aryl methyl sites for hydroxylation is 3. The average Bonchev–Trinajstić information content (AvgIpc) is 3.66. The Balaban J connectivity index is 1.19. The number of hydrogen-bond donors (Lipinski definition) is 2. The number of rotatable bonds is 10. The largest absolute Gasteiger partial charge is 0.492 e. The van der Waals surface area contributed by atoms with Gasteiger partial charge in [0, 0.05) is 48.2 Å². The summed E-state index contributed by atoms with van der Waals surface area (Å²) >= 11 is 1.20. The summed E-state index contributed by atoms with van der Waals surface area (Å²) in [7, 11) is 0. The van der Waals surface area contributed by atoms with E-state index in [2.05, 4.69) is 77.4 Å². The van der Waals surface area contributed by atoms with E-state index in [9.17, 15) is 15.0 Å². The molecule has 0 saturated heterocycles. The number of carbonyl (C=O) groups is 1. The van der Waals surface area contributed by atoms with Crippen LogP contribution in [0.15, 0.2) is 85.2 Å². The van der Waals surface area contributed by atoms with Crippen molar-refractivity contribution >= 4 is 40.9 Å². The van der Waals surface area contributed by atoms with E-state index in [4.69, 9.17) is 14.2 Å². The summed E-state index contributed by atoms with van der Waals surface area (Å²) in [6.45, 7) is 4.87. The molecule has 0 aliphatic carbocycles. The molecule has 4 aromatic heterocycles. The van der Waals surface area contributed by atoms with Crippen LogP contribution in [0.25, 0.3) is 45.6 Å². The molecule has 6 rings (SSSR count). The van der Waals surface area contributed by atoms with Crippen molar-refractivity contribution in [3.8, 4) is 34.1 Å². The molecule has 10 heteroatoms. The van der Waals surface area contributed by atoms with E-state index >= 15 is 0 Å². The van der Waals surface area contributed by atoms with Gasteiger partial charge in [-0.25, -0.2) is 14.3 Å². The third-order valence-corrected chi connectivity index (χ3v) is 8.02. The van der Waals surface area contributed by atoms with Crippen molar-refractivity contribution in [2.45, 2.75) is 39.7 Å². The summed E-state index contributed by atoms with van der Waals surface area (Å²) < 4.78 is 12.1. The molecule has 0 aliphatic rings. The minimum Gasteiger partial charge on any atom is -0.492 e. The summed E-state index contributed by atoms with van der Waals surface area (Å²) in [5.41, 5.74) is 9.65. The van der Waals surface area contributed by atoms with Crippen molar-refractivity contribution in [2.75, 3.05) is 0 Å². The Morgan fingerprint density at radius 1 is 0.822 bits per heavy atom. The Hall–Kier alpha value is -5.35. The molecular weight excluding hydrogens is 586 g/mol. The van der Waals surface area contributed by atoms with E-state index < -0.39 is 5.97 Å². The number of nitrogens with zero attached hydrogens (tertiary/aromatic N) is 5. The zero-order valence-electron chi connectivity index (χ0n) is 24.9. The molecule has 4 heterocycles. The second kappa shape index (κ2) is 13.1. The van der Waals surface area contributed by atoms with Crippen LogP contribution in [0.4, 0.5) is 0 Å². The normalized spacial score (nSPS) is 11.4. The van der Waals surface area contributed by atoms with Gasteiger partial charge in [0.25, 0.3) is 0 Å². The minimum atomic E-state index is -0.530. The first-order valence-electron chi connectivity index (χ1n) is 14.6. The van der Waals surface area contributed by atoms with Crippen LogP contribution in [0.3, 0.4) is 0 Å². The number of hydrogen-bond acceptors (Lipinski definition) is 8. The van der Waals surface area contributed by atoms with Gasteiger partial charge in [-0.2, -0.15) is 8.75 Å². The summed E-state index contributed by atoms with van der Waals surface area (Å²) in [5.74, 6) is -1.20. The predicted octanol–water partition coefficient (Wildman–Crippen LogP) is 6.53. The quantitative estimate of drug-likeness (QED) is 0.132. The standard InChI is InChI=1S/C35H31N5O4S/c1-23-6-11-26(12-7-23)32-28(36-33(35-34(32)37-45-38-35)27-13-8-24(2)9-14-27)15-10-25-18-21-39(22-19-25)20-4-3-5-31(43)44-40-29(41)16-17-30(40)42/h6-19,21-22,37H,3-5,20H2,1-2H3/p+1. The number of fused-ring (bicyclic) bond motifs is 1. The summed E-state index contributed by atoms with van der Waals surface area (Å²) in [6.07, 6.45) is 9.63. The molecule has 9 nitrogen and oxygen atoms in total. The molecule has 0 aliphatic heterocycles. The maximum absolute atomic E-state index is 12.1. The van der Waals surface area contributed by atoms with Gasteiger partial charge in [-0.15, -0.1) is 4.73 Å². The first kappa shape index (κ1) is 29.7. The molecule has 2 aromatic carbocycles. The van der Waals surface area contributed by atoms with Crippen LogP contribution in [0.2, 0.25) is 0 Å². The lowest BCUT2D eigenvalue weighted by Crippen LogP contribution is -2.32. The van der Waals surface area contributed by atoms with Crippen molar-refractivity contribution in [1.29, 1.82) is 0 Å². The first-order valence-corrected chi connectivity index (χ1v) is 15.4. The Bertz CT molecular complexity index is 1960. The molecule has 0 amide bonds. The molecule has 0 radical (unpaired) electrons. The highest BCUT2D eigenvalue weighted by Gasteiger charge is 2.19. The third kappa shape index (κ3) is 6.76. The van der Waals surface area contributed by atoms with E-state index in [1.165, 1.54) is 35.0 Å². The Morgan fingerprint density at radius 2 is 1.44 bits per heavy atom. The zero-order chi connectivity index (χ0) is 31.3. The van der Waals surface area contributed by atoms with E-state index in [-0.39, 0.29) is 18.2 Å². The van der Waals surface area contributed by atoms with Crippen molar-refractivity contribution in [1.82, 2.24) is 18.5 Å². The van der Waals surface area contributed by atoms with Crippen molar-refractivity contribution < 1.29 is 24.4 Å². The number of aromatic hydroxyl groups is 2. The Morgan fingerprint density at radius 3 is 2.11 bits per heavy atom. The van der Waals surface area contributed by atoms with Gasteiger partial charge in [0.15, 0.2) is 12.4 Å². The van der Waals surface area contributed by atoms with E-state index in [0.717, 1.165) is 57.6 Å². The second-order valence-electron chi connectivity index (χ2n) is 10.9. The fourth-order valence-electron chi connectivity index (χ4n) is 5.01. The molecule has 45 heavy (non-hydrogen) atoms. The van der Waals surface area contributed by atoms with Gasteiger partial charge in [0.2, 0.25) is 11.8 Å². The monoisotopic (exact) mass is 618 g/mol. The van der Waals surface area contributed by atoms with Gasteiger partial charge in [-0.1, -0.05) is 65.7 Å². The maximum atomic E-state index is 12.1. The molecule has 0 spiro atoms. The number of aromatic nitrogens is 5. The van der Waals surface area contributed by atoms with Crippen LogP contribution < -0.4 is 9.40 Å². The van der Waals surface area contributed by atoms with Crippen LogP contribution in [0.5, 0.6) is 11.8 Å². The van der Waals surface area contributed by atoms with E-state index in [1.807, 2.05) is 30.6 Å². The molecule has 0 unspecified atom stereocenters. The van der Waals surface area contributed by atoms with Crippen LogP contribution in [0, 0.1) is 13.8 Å². The van der Waals surface area contributed by atoms with E-state index in [1.54, 1.807) is 0 Å². The van der Waals surface area contributed by atoms with Crippen molar-refractivity contribution in [3.63, 3.8) is 0 Å².